The van der Waals surface area contributed by atoms with E-state index in [1.807, 2.05) is 0 Å². The van der Waals surface area contributed by atoms with Gasteiger partial charge in [0.1, 0.15) is 11.7 Å². The molecule has 0 saturated carbocycles. The van der Waals surface area contributed by atoms with E-state index in [0.29, 0.717) is 18.2 Å². The molecule has 0 heterocycles. The Kier molecular flexibility index (Phi) is 4.28. The zero-order valence-electron chi connectivity index (χ0n) is 10.0. The molecule has 0 aliphatic heterocycles. The number of alkyl halides is 3. The van der Waals surface area contributed by atoms with Gasteiger partial charge in [0.25, 0.3) is 0 Å². The highest BCUT2D eigenvalue weighted by atomic mass is 19.4. The zero-order valence-corrected chi connectivity index (χ0v) is 10.0. The SMILES string of the molecule is COC(=O)C(C)C(=O)c1cc(C(F)(F)F)ccc1F. The van der Waals surface area contributed by atoms with Crippen molar-refractivity contribution >= 4 is 11.8 Å². The molecule has 7 heteroatoms. The summed E-state index contributed by atoms with van der Waals surface area (Å²) in [5, 5.41) is 0. The van der Waals surface area contributed by atoms with Crippen molar-refractivity contribution in [1.82, 2.24) is 0 Å². The first-order valence-electron chi connectivity index (χ1n) is 5.17. The lowest BCUT2D eigenvalue weighted by Crippen LogP contribution is -2.23. The van der Waals surface area contributed by atoms with Crippen LogP contribution in [0.1, 0.15) is 22.8 Å². The number of hydrogen-bond acceptors (Lipinski definition) is 3. The van der Waals surface area contributed by atoms with Crippen LogP contribution in [-0.4, -0.2) is 18.9 Å². The van der Waals surface area contributed by atoms with Crippen molar-refractivity contribution in [2.45, 2.75) is 13.1 Å². The van der Waals surface area contributed by atoms with Crippen molar-refractivity contribution in [3.05, 3.63) is 35.1 Å². The van der Waals surface area contributed by atoms with Crippen molar-refractivity contribution in [3.8, 4) is 0 Å². The summed E-state index contributed by atoms with van der Waals surface area (Å²) in [5.74, 6) is -4.49. The van der Waals surface area contributed by atoms with Gasteiger partial charge >= 0.3 is 12.1 Å². The molecule has 0 N–H and O–H groups in total. The molecule has 0 fully saturated rings. The number of carbonyl (C=O) groups is 2. The fraction of sp³-hybridized carbons (Fsp3) is 0.333. The zero-order chi connectivity index (χ0) is 14.8. The fourth-order valence-corrected chi connectivity index (χ4v) is 1.41. The Bertz CT molecular complexity index is 508. The van der Waals surface area contributed by atoms with E-state index < -0.39 is 40.8 Å². The number of ether oxygens (including phenoxy) is 1. The van der Waals surface area contributed by atoms with E-state index in [4.69, 9.17) is 0 Å². The predicted octanol–water partition coefficient (Wildman–Crippen LogP) is 2.84. The van der Waals surface area contributed by atoms with Crippen LogP contribution in [0.25, 0.3) is 0 Å². The van der Waals surface area contributed by atoms with Crippen LogP contribution in [0.5, 0.6) is 0 Å². The van der Waals surface area contributed by atoms with Gasteiger partial charge in [-0.25, -0.2) is 4.39 Å². The minimum atomic E-state index is -4.70. The largest absolute Gasteiger partial charge is 0.468 e. The molecule has 1 rings (SSSR count). The number of rotatable bonds is 3. The molecule has 0 saturated heterocycles. The molecule has 0 amide bonds. The number of Topliss-reactive ketones (excluding diaryl/α,β-unsaturated/α-hetero) is 1. The molecule has 1 unspecified atom stereocenters. The van der Waals surface area contributed by atoms with Gasteiger partial charge in [0, 0.05) is 0 Å². The molecule has 0 bridgehead atoms. The summed E-state index contributed by atoms with van der Waals surface area (Å²) >= 11 is 0. The Morgan fingerprint density at radius 1 is 1.26 bits per heavy atom. The van der Waals surface area contributed by atoms with Gasteiger partial charge in [-0.05, 0) is 25.1 Å². The number of esters is 1. The number of benzene rings is 1. The van der Waals surface area contributed by atoms with Gasteiger partial charge in [-0.2, -0.15) is 13.2 Å². The molecule has 0 radical (unpaired) electrons. The first-order valence-corrected chi connectivity index (χ1v) is 5.17. The lowest BCUT2D eigenvalue weighted by molar-refractivity contribution is -0.143. The van der Waals surface area contributed by atoms with Gasteiger partial charge in [-0.15, -0.1) is 0 Å². The van der Waals surface area contributed by atoms with Gasteiger partial charge < -0.3 is 4.74 Å². The van der Waals surface area contributed by atoms with Crippen LogP contribution >= 0.6 is 0 Å². The highest BCUT2D eigenvalue weighted by Gasteiger charge is 2.33. The minimum absolute atomic E-state index is 0.386. The van der Waals surface area contributed by atoms with Gasteiger partial charge in [0.2, 0.25) is 0 Å². The first kappa shape index (κ1) is 15.1. The van der Waals surface area contributed by atoms with Gasteiger partial charge in [-0.3, -0.25) is 9.59 Å². The van der Waals surface area contributed by atoms with Crippen molar-refractivity contribution in [2.75, 3.05) is 7.11 Å². The molecular formula is C12H10F4O3. The molecule has 104 valence electrons. The number of hydrogen-bond donors (Lipinski definition) is 0. The molecule has 1 atom stereocenters. The van der Waals surface area contributed by atoms with Crippen LogP contribution in [0.15, 0.2) is 18.2 Å². The maximum Gasteiger partial charge on any atom is 0.416 e. The lowest BCUT2D eigenvalue weighted by Gasteiger charge is -2.11. The Morgan fingerprint density at radius 3 is 2.32 bits per heavy atom. The van der Waals surface area contributed by atoms with E-state index in [1.165, 1.54) is 0 Å². The topological polar surface area (TPSA) is 43.4 Å². The summed E-state index contributed by atoms with van der Waals surface area (Å²) < 4.78 is 55.1. The molecule has 3 nitrogen and oxygen atoms in total. The van der Waals surface area contributed by atoms with E-state index in [9.17, 15) is 27.2 Å². The van der Waals surface area contributed by atoms with Crippen LogP contribution in [0, 0.1) is 11.7 Å². The second kappa shape index (κ2) is 5.38. The Hall–Kier alpha value is -1.92. The standard InChI is InChI=1S/C12H10F4O3/c1-6(11(18)19-2)10(17)8-5-7(12(14,15)16)3-4-9(8)13/h3-6H,1-2H3. The summed E-state index contributed by atoms with van der Waals surface area (Å²) in [6, 6.07) is 1.45. The van der Waals surface area contributed by atoms with Crippen LogP contribution in [0.2, 0.25) is 0 Å². The van der Waals surface area contributed by atoms with Crippen LogP contribution < -0.4 is 0 Å². The predicted molar refractivity (Wildman–Crippen MR) is 56.9 cm³/mol. The summed E-state index contributed by atoms with van der Waals surface area (Å²) in [7, 11) is 1.02. The van der Waals surface area contributed by atoms with E-state index >= 15 is 0 Å². The minimum Gasteiger partial charge on any atom is -0.468 e. The quantitative estimate of drug-likeness (QED) is 0.369. The third-order valence-corrected chi connectivity index (χ3v) is 2.51. The third-order valence-electron chi connectivity index (χ3n) is 2.51. The van der Waals surface area contributed by atoms with Crippen LogP contribution in [-0.2, 0) is 15.7 Å². The van der Waals surface area contributed by atoms with E-state index in [-0.39, 0.29) is 0 Å². The fourth-order valence-electron chi connectivity index (χ4n) is 1.41. The third kappa shape index (κ3) is 3.30. The number of methoxy groups -OCH3 is 1. The summed E-state index contributed by atoms with van der Waals surface area (Å²) in [6.45, 7) is 1.13. The summed E-state index contributed by atoms with van der Waals surface area (Å²) in [5.41, 5.74) is -1.94. The second-order valence-corrected chi connectivity index (χ2v) is 3.80. The molecule has 1 aromatic rings. The van der Waals surface area contributed by atoms with Gasteiger partial charge in [-0.1, -0.05) is 0 Å². The lowest BCUT2D eigenvalue weighted by atomic mass is 9.97. The first-order chi connectivity index (χ1) is 8.68. The van der Waals surface area contributed by atoms with E-state index in [1.54, 1.807) is 0 Å². The molecule has 1 aromatic carbocycles. The van der Waals surface area contributed by atoms with Crippen LogP contribution in [0.4, 0.5) is 17.6 Å². The average Bonchev–Trinajstić information content (AvgIpc) is 2.35. The number of halogens is 4. The van der Waals surface area contributed by atoms with Crippen molar-refractivity contribution in [1.29, 1.82) is 0 Å². The van der Waals surface area contributed by atoms with Crippen molar-refractivity contribution < 1.29 is 31.9 Å². The molecular weight excluding hydrogens is 268 g/mol. The maximum atomic E-state index is 13.4. The van der Waals surface area contributed by atoms with E-state index in [0.717, 1.165) is 14.0 Å². The van der Waals surface area contributed by atoms with Crippen LogP contribution in [0.3, 0.4) is 0 Å². The second-order valence-electron chi connectivity index (χ2n) is 3.80. The summed E-state index contributed by atoms with van der Waals surface area (Å²) in [6.07, 6.45) is -4.70. The molecule has 0 aliphatic carbocycles. The highest BCUT2D eigenvalue weighted by molar-refractivity contribution is 6.08. The number of ketones is 1. The normalized spacial score (nSPS) is 12.9. The molecule has 0 spiro atoms. The highest BCUT2D eigenvalue weighted by Crippen LogP contribution is 2.31. The van der Waals surface area contributed by atoms with Gasteiger partial charge in [0.05, 0.1) is 18.2 Å². The molecule has 0 aliphatic rings. The summed E-state index contributed by atoms with van der Waals surface area (Å²) in [4.78, 5) is 22.9. The smallest absolute Gasteiger partial charge is 0.416 e. The Morgan fingerprint density at radius 2 is 1.84 bits per heavy atom. The van der Waals surface area contributed by atoms with Crippen molar-refractivity contribution in [3.63, 3.8) is 0 Å². The molecule has 19 heavy (non-hydrogen) atoms. The van der Waals surface area contributed by atoms with Gasteiger partial charge in [0.15, 0.2) is 5.78 Å². The van der Waals surface area contributed by atoms with E-state index in [2.05, 4.69) is 4.74 Å². The van der Waals surface area contributed by atoms with Crippen molar-refractivity contribution in [2.24, 2.45) is 5.92 Å². The monoisotopic (exact) mass is 278 g/mol. The molecule has 0 aromatic heterocycles. The number of carbonyl (C=O) groups excluding carboxylic acids is 2. The average molecular weight is 278 g/mol. The Balaban J connectivity index is 3.20. The maximum absolute atomic E-state index is 13.4. The Labute approximate surface area is 106 Å².